The summed E-state index contributed by atoms with van der Waals surface area (Å²) in [6.07, 6.45) is 0.897. The van der Waals surface area contributed by atoms with Gasteiger partial charge < -0.3 is 14.2 Å². The van der Waals surface area contributed by atoms with Crippen molar-refractivity contribution in [3.8, 4) is 16.9 Å². The first-order valence-corrected chi connectivity index (χ1v) is 11.4. The van der Waals surface area contributed by atoms with Crippen molar-refractivity contribution in [2.24, 2.45) is 0 Å². The van der Waals surface area contributed by atoms with Crippen LogP contribution in [0.15, 0.2) is 77.7 Å². The zero-order valence-corrected chi connectivity index (χ0v) is 18.6. The zero-order chi connectivity index (χ0) is 21.0. The van der Waals surface area contributed by atoms with Gasteiger partial charge in [0.25, 0.3) is 0 Å². The molecule has 0 spiro atoms. The SMILES string of the molecule is CCSc1ccc(COCCCOCc2ccc(-c3ccc(OC)cc3)cc2)cc1. The van der Waals surface area contributed by atoms with E-state index in [9.17, 15) is 0 Å². The molecule has 3 aromatic carbocycles. The second-order valence-electron chi connectivity index (χ2n) is 6.96. The van der Waals surface area contributed by atoms with Gasteiger partial charge >= 0.3 is 0 Å². The van der Waals surface area contributed by atoms with Crippen molar-refractivity contribution in [1.29, 1.82) is 0 Å². The molecule has 0 atom stereocenters. The van der Waals surface area contributed by atoms with E-state index in [0.717, 1.165) is 17.9 Å². The monoisotopic (exact) mass is 422 g/mol. The largest absolute Gasteiger partial charge is 0.497 e. The normalized spacial score (nSPS) is 10.9. The highest BCUT2D eigenvalue weighted by Gasteiger charge is 2.00. The molecule has 0 fully saturated rings. The number of hydrogen-bond acceptors (Lipinski definition) is 4. The van der Waals surface area contributed by atoms with E-state index < -0.39 is 0 Å². The van der Waals surface area contributed by atoms with Gasteiger partial charge in [-0.15, -0.1) is 11.8 Å². The fraction of sp³-hybridized carbons (Fsp3) is 0.308. The van der Waals surface area contributed by atoms with E-state index in [4.69, 9.17) is 14.2 Å². The summed E-state index contributed by atoms with van der Waals surface area (Å²) in [4.78, 5) is 1.31. The minimum absolute atomic E-state index is 0.624. The smallest absolute Gasteiger partial charge is 0.118 e. The van der Waals surface area contributed by atoms with Crippen molar-refractivity contribution in [3.63, 3.8) is 0 Å². The lowest BCUT2D eigenvalue weighted by molar-refractivity contribution is 0.0695. The Bertz CT molecular complexity index is 858. The molecule has 0 aliphatic heterocycles. The van der Waals surface area contributed by atoms with Gasteiger partial charge in [-0.25, -0.2) is 0 Å². The molecule has 4 heteroatoms. The maximum Gasteiger partial charge on any atom is 0.118 e. The predicted octanol–water partition coefficient (Wildman–Crippen LogP) is 6.60. The van der Waals surface area contributed by atoms with Crippen LogP contribution in [-0.2, 0) is 22.7 Å². The van der Waals surface area contributed by atoms with Crippen LogP contribution in [0.1, 0.15) is 24.5 Å². The van der Waals surface area contributed by atoms with E-state index >= 15 is 0 Å². The molecular weight excluding hydrogens is 392 g/mol. The summed E-state index contributed by atoms with van der Waals surface area (Å²) < 4.78 is 16.8. The van der Waals surface area contributed by atoms with Crippen LogP contribution in [0.2, 0.25) is 0 Å². The summed E-state index contributed by atoms with van der Waals surface area (Å²) in [5, 5.41) is 0. The molecule has 0 saturated heterocycles. The quantitative estimate of drug-likeness (QED) is 0.243. The van der Waals surface area contributed by atoms with E-state index in [-0.39, 0.29) is 0 Å². The zero-order valence-electron chi connectivity index (χ0n) is 17.8. The maximum atomic E-state index is 5.79. The standard InChI is InChI=1S/C26H30O3S/c1-3-30-26-15-7-22(8-16-26)20-29-18-4-17-28-19-21-5-9-23(10-6-21)24-11-13-25(27-2)14-12-24/h5-16H,3-4,17-20H2,1-2H3. The van der Waals surface area contributed by atoms with Gasteiger partial charge in [-0.1, -0.05) is 55.5 Å². The van der Waals surface area contributed by atoms with E-state index in [1.807, 2.05) is 23.9 Å². The van der Waals surface area contributed by atoms with Crippen molar-refractivity contribution in [2.75, 3.05) is 26.1 Å². The van der Waals surface area contributed by atoms with Gasteiger partial charge in [-0.2, -0.15) is 0 Å². The minimum atomic E-state index is 0.624. The highest BCUT2D eigenvalue weighted by Crippen LogP contribution is 2.23. The third kappa shape index (κ3) is 7.21. The van der Waals surface area contributed by atoms with Crippen LogP contribution < -0.4 is 4.74 Å². The molecule has 0 aromatic heterocycles. The average Bonchev–Trinajstić information content (AvgIpc) is 2.80. The highest BCUT2D eigenvalue weighted by molar-refractivity contribution is 7.99. The fourth-order valence-corrected chi connectivity index (χ4v) is 3.73. The lowest BCUT2D eigenvalue weighted by atomic mass is 10.0. The Morgan fingerprint density at radius 1 is 0.667 bits per heavy atom. The summed E-state index contributed by atoms with van der Waals surface area (Å²) in [7, 11) is 1.68. The van der Waals surface area contributed by atoms with Crippen molar-refractivity contribution in [1.82, 2.24) is 0 Å². The third-order valence-corrected chi connectivity index (χ3v) is 5.62. The first-order valence-electron chi connectivity index (χ1n) is 10.4. The second-order valence-corrected chi connectivity index (χ2v) is 8.30. The second kappa shape index (κ2) is 12.4. The van der Waals surface area contributed by atoms with Gasteiger partial charge in [-0.3, -0.25) is 0 Å². The van der Waals surface area contributed by atoms with Gasteiger partial charge in [0.05, 0.1) is 20.3 Å². The van der Waals surface area contributed by atoms with E-state index in [0.29, 0.717) is 26.4 Å². The summed E-state index contributed by atoms with van der Waals surface area (Å²) in [5.41, 5.74) is 4.77. The van der Waals surface area contributed by atoms with Crippen molar-refractivity contribution < 1.29 is 14.2 Å². The fourth-order valence-electron chi connectivity index (χ4n) is 3.07. The number of benzene rings is 3. The number of thioether (sulfide) groups is 1. The molecule has 3 nitrogen and oxygen atoms in total. The summed E-state index contributed by atoms with van der Waals surface area (Å²) in [6.45, 7) is 4.86. The van der Waals surface area contributed by atoms with E-state index in [1.165, 1.54) is 27.1 Å². The topological polar surface area (TPSA) is 27.7 Å². The highest BCUT2D eigenvalue weighted by atomic mass is 32.2. The van der Waals surface area contributed by atoms with E-state index in [2.05, 4.69) is 67.6 Å². The number of rotatable bonds is 12. The summed E-state index contributed by atoms with van der Waals surface area (Å²) >= 11 is 1.86. The van der Waals surface area contributed by atoms with Gasteiger partial charge in [0.2, 0.25) is 0 Å². The Labute approximate surface area is 184 Å². The average molecular weight is 423 g/mol. The number of ether oxygens (including phenoxy) is 3. The molecule has 0 bridgehead atoms. The summed E-state index contributed by atoms with van der Waals surface area (Å²) in [5.74, 6) is 1.97. The lowest BCUT2D eigenvalue weighted by Crippen LogP contribution is -2.01. The van der Waals surface area contributed by atoms with Crippen LogP contribution in [0.3, 0.4) is 0 Å². The minimum Gasteiger partial charge on any atom is -0.497 e. The molecule has 30 heavy (non-hydrogen) atoms. The Morgan fingerprint density at radius 2 is 1.17 bits per heavy atom. The van der Waals surface area contributed by atoms with Crippen molar-refractivity contribution >= 4 is 11.8 Å². The Balaban J connectivity index is 1.30. The molecule has 0 radical (unpaired) electrons. The van der Waals surface area contributed by atoms with Crippen LogP contribution in [0.25, 0.3) is 11.1 Å². The van der Waals surface area contributed by atoms with Gasteiger partial charge in [0.1, 0.15) is 5.75 Å². The van der Waals surface area contributed by atoms with Gasteiger partial charge in [-0.05, 0) is 58.7 Å². The molecule has 0 amide bonds. The molecule has 0 aliphatic rings. The van der Waals surface area contributed by atoms with Gasteiger partial charge in [0, 0.05) is 18.1 Å². The molecule has 0 saturated carbocycles. The molecule has 0 heterocycles. The predicted molar refractivity (Wildman–Crippen MR) is 125 cm³/mol. The van der Waals surface area contributed by atoms with Crippen LogP contribution in [0.4, 0.5) is 0 Å². The van der Waals surface area contributed by atoms with Crippen LogP contribution >= 0.6 is 11.8 Å². The Morgan fingerprint density at radius 3 is 1.67 bits per heavy atom. The molecule has 3 aromatic rings. The molecule has 158 valence electrons. The first-order chi connectivity index (χ1) is 14.8. The summed E-state index contributed by atoms with van der Waals surface area (Å²) in [6, 6.07) is 25.2. The Hall–Kier alpha value is -2.27. The van der Waals surface area contributed by atoms with Gasteiger partial charge in [0.15, 0.2) is 0 Å². The van der Waals surface area contributed by atoms with Crippen LogP contribution in [-0.4, -0.2) is 26.1 Å². The van der Waals surface area contributed by atoms with E-state index in [1.54, 1.807) is 7.11 Å². The number of methoxy groups -OCH3 is 1. The molecule has 3 rings (SSSR count). The maximum absolute atomic E-state index is 5.79. The molecular formula is C26H30O3S. The van der Waals surface area contributed by atoms with Crippen LogP contribution in [0, 0.1) is 0 Å². The Kier molecular flexibility index (Phi) is 9.29. The third-order valence-electron chi connectivity index (χ3n) is 4.73. The molecule has 0 aliphatic carbocycles. The van der Waals surface area contributed by atoms with Crippen molar-refractivity contribution in [2.45, 2.75) is 31.5 Å². The van der Waals surface area contributed by atoms with Crippen LogP contribution in [0.5, 0.6) is 5.75 Å². The first kappa shape index (κ1) is 22.4. The van der Waals surface area contributed by atoms with Crippen molar-refractivity contribution in [3.05, 3.63) is 83.9 Å². The molecule has 0 unspecified atom stereocenters. The number of hydrogen-bond donors (Lipinski definition) is 0. The molecule has 0 N–H and O–H groups in total. The lowest BCUT2D eigenvalue weighted by Gasteiger charge is -2.08.